The van der Waals surface area contributed by atoms with E-state index in [1.54, 1.807) is 6.92 Å². The van der Waals surface area contributed by atoms with Gasteiger partial charge in [-0.05, 0) is 13.3 Å². The first kappa shape index (κ1) is 12.5. The first-order chi connectivity index (χ1) is 6.86. The van der Waals surface area contributed by atoms with E-state index in [4.69, 9.17) is 5.73 Å². The predicted molar refractivity (Wildman–Crippen MR) is 60.4 cm³/mol. The van der Waals surface area contributed by atoms with Crippen molar-refractivity contribution in [1.29, 1.82) is 0 Å². The van der Waals surface area contributed by atoms with Gasteiger partial charge in [-0.3, -0.25) is 0 Å². The number of nitrogens with zero attached hydrogens (tertiary/aromatic N) is 2. The molecule has 7 heteroatoms. The molecule has 1 aromatic rings. The second-order valence-corrected chi connectivity index (χ2v) is 6.87. The summed E-state index contributed by atoms with van der Waals surface area (Å²) in [4.78, 5) is 0. The van der Waals surface area contributed by atoms with Crippen molar-refractivity contribution in [2.75, 3.05) is 6.26 Å². The molecule has 0 amide bonds. The Bertz CT molecular complexity index is 427. The standard InChI is InChI=1S/C8H15N3O2S2/c1-4-6(9)8-11-10-7(14-8)5(2)15(3,12)13/h5-6H,4,9H2,1-3H3. The van der Waals surface area contributed by atoms with Gasteiger partial charge in [-0.2, -0.15) is 0 Å². The molecular weight excluding hydrogens is 234 g/mol. The Kier molecular flexibility index (Phi) is 3.80. The lowest BCUT2D eigenvalue weighted by molar-refractivity contribution is 0.591. The summed E-state index contributed by atoms with van der Waals surface area (Å²) in [5.74, 6) is 0. The van der Waals surface area contributed by atoms with E-state index in [0.717, 1.165) is 6.42 Å². The minimum Gasteiger partial charge on any atom is -0.322 e. The van der Waals surface area contributed by atoms with Crippen molar-refractivity contribution in [1.82, 2.24) is 10.2 Å². The van der Waals surface area contributed by atoms with Gasteiger partial charge in [0.1, 0.15) is 15.3 Å². The molecule has 2 N–H and O–H groups in total. The lowest BCUT2D eigenvalue weighted by Gasteiger charge is -2.04. The normalized spacial score (nSPS) is 16.3. The maximum absolute atomic E-state index is 11.3. The lowest BCUT2D eigenvalue weighted by Crippen LogP contribution is -2.07. The second kappa shape index (κ2) is 4.54. The van der Waals surface area contributed by atoms with Crippen molar-refractivity contribution in [2.24, 2.45) is 5.73 Å². The smallest absolute Gasteiger partial charge is 0.156 e. The summed E-state index contributed by atoms with van der Waals surface area (Å²) in [5, 5.41) is 8.37. The summed E-state index contributed by atoms with van der Waals surface area (Å²) >= 11 is 1.27. The molecule has 0 saturated heterocycles. The van der Waals surface area contributed by atoms with Gasteiger partial charge >= 0.3 is 0 Å². The van der Waals surface area contributed by atoms with Crippen molar-refractivity contribution in [3.63, 3.8) is 0 Å². The Morgan fingerprint density at radius 1 is 1.40 bits per heavy atom. The van der Waals surface area contributed by atoms with E-state index in [9.17, 15) is 8.42 Å². The van der Waals surface area contributed by atoms with Crippen LogP contribution in [0.3, 0.4) is 0 Å². The van der Waals surface area contributed by atoms with E-state index >= 15 is 0 Å². The Morgan fingerprint density at radius 3 is 2.40 bits per heavy atom. The van der Waals surface area contributed by atoms with Gasteiger partial charge in [-0.25, -0.2) is 8.42 Å². The van der Waals surface area contributed by atoms with Gasteiger partial charge in [0.05, 0.1) is 6.04 Å². The highest BCUT2D eigenvalue weighted by molar-refractivity contribution is 7.91. The Morgan fingerprint density at radius 2 is 1.93 bits per heavy atom. The summed E-state index contributed by atoms with van der Waals surface area (Å²) in [6.45, 7) is 3.56. The van der Waals surface area contributed by atoms with Gasteiger partial charge in [-0.15, -0.1) is 10.2 Å². The van der Waals surface area contributed by atoms with Gasteiger partial charge in [0.2, 0.25) is 0 Å². The van der Waals surface area contributed by atoms with Crippen molar-refractivity contribution in [3.05, 3.63) is 10.0 Å². The predicted octanol–water partition coefficient (Wildman–Crippen LogP) is 1.05. The van der Waals surface area contributed by atoms with Crippen LogP contribution in [0.25, 0.3) is 0 Å². The van der Waals surface area contributed by atoms with Gasteiger partial charge < -0.3 is 5.73 Å². The third kappa shape index (κ3) is 2.96. The average molecular weight is 249 g/mol. The second-order valence-electron chi connectivity index (χ2n) is 3.47. The third-order valence-electron chi connectivity index (χ3n) is 2.20. The number of sulfone groups is 1. The van der Waals surface area contributed by atoms with E-state index in [-0.39, 0.29) is 6.04 Å². The topological polar surface area (TPSA) is 85.9 Å². The first-order valence-electron chi connectivity index (χ1n) is 4.64. The van der Waals surface area contributed by atoms with Crippen molar-refractivity contribution in [3.8, 4) is 0 Å². The fourth-order valence-corrected chi connectivity index (χ4v) is 2.86. The Balaban J connectivity index is 2.94. The van der Waals surface area contributed by atoms with Gasteiger partial charge in [0.15, 0.2) is 9.84 Å². The van der Waals surface area contributed by atoms with Crippen LogP contribution in [0, 0.1) is 0 Å². The number of nitrogens with two attached hydrogens (primary N) is 1. The molecule has 0 aliphatic carbocycles. The fraction of sp³-hybridized carbons (Fsp3) is 0.750. The van der Waals surface area contributed by atoms with Crippen LogP contribution in [-0.2, 0) is 9.84 Å². The fourth-order valence-electron chi connectivity index (χ4n) is 0.918. The molecule has 2 atom stereocenters. The van der Waals surface area contributed by atoms with Crippen LogP contribution in [0.15, 0.2) is 0 Å². The van der Waals surface area contributed by atoms with Crippen molar-refractivity contribution < 1.29 is 8.42 Å². The average Bonchev–Trinajstić information content (AvgIpc) is 2.62. The molecule has 0 spiro atoms. The first-order valence-corrected chi connectivity index (χ1v) is 7.41. The molecule has 0 radical (unpaired) electrons. The molecular formula is C8H15N3O2S2. The molecule has 0 bridgehead atoms. The van der Waals surface area contributed by atoms with Gasteiger partial charge in [-0.1, -0.05) is 18.3 Å². The molecule has 0 aromatic carbocycles. The zero-order valence-corrected chi connectivity index (χ0v) is 10.6. The van der Waals surface area contributed by atoms with Crippen LogP contribution in [0.2, 0.25) is 0 Å². The Hall–Kier alpha value is -0.530. The molecule has 0 aliphatic heterocycles. The maximum atomic E-state index is 11.3. The number of aromatic nitrogens is 2. The highest BCUT2D eigenvalue weighted by atomic mass is 32.2. The van der Waals surface area contributed by atoms with E-state index in [1.165, 1.54) is 17.6 Å². The van der Waals surface area contributed by atoms with Crippen molar-refractivity contribution >= 4 is 21.2 Å². The summed E-state index contributed by atoms with van der Waals surface area (Å²) in [6.07, 6.45) is 1.96. The molecule has 1 heterocycles. The summed E-state index contributed by atoms with van der Waals surface area (Å²) in [6, 6.07) is -0.150. The van der Waals surface area contributed by atoms with Crippen molar-refractivity contribution in [2.45, 2.75) is 31.6 Å². The minimum atomic E-state index is -3.11. The molecule has 0 saturated carbocycles. The number of hydrogen-bond donors (Lipinski definition) is 1. The zero-order valence-electron chi connectivity index (χ0n) is 8.97. The van der Waals surface area contributed by atoms with Crippen LogP contribution in [-0.4, -0.2) is 24.9 Å². The Labute approximate surface area is 93.6 Å². The SMILES string of the molecule is CCC(N)c1nnc(C(C)S(C)(=O)=O)s1. The number of hydrogen-bond acceptors (Lipinski definition) is 6. The molecule has 0 fully saturated rings. The molecule has 1 aromatic heterocycles. The highest BCUT2D eigenvalue weighted by Gasteiger charge is 2.22. The summed E-state index contributed by atoms with van der Waals surface area (Å²) in [5.41, 5.74) is 5.78. The largest absolute Gasteiger partial charge is 0.322 e. The summed E-state index contributed by atoms with van der Waals surface area (Å²) in [7, 11) is -3.11. The molecule has 86 valence electrons. The number of rotatable bonds is 4. The quantitative estimate of drug-likeness (QED) is 0.862. The minimum absolute atomic E-state index is 0.150. The molecule has 0 aliphatic rings. The van der Waals surface area contributed by atoms with Crippen LogP contribution in [0.5, 0.6) is 0 Å². The zero-order chi connectivity index (χ0) is 11.6. The van der Waals surface area contributed by atoms with Crippen LogP contribution in [0.1, 0.15) is 41.6 Å². The van der Waals surface area contributed by atoms with Crippen LogP contribution < -0.4 is 5.73 Å². The van der Waals surface area contributed by atoms with Crippen LogP contribution in [0.4, 0.5) is 0 Å². The van der Waals surface area contributed by atoms with E-state index in [0.29, 0.717) is 10.0 Å². The lowest BCUT2D eigenvalue weighted by atomic mass is 10.3. The maximum Gasteiger partial charge on any atom is 0.156 e. The third-order valence-corrected chi connectivity index (χ3v) is 5.10. The monoisotopic (exact) mass is 249 g/mol. The highest BCUT2D eigenvalue weighted by Crippen LogP contribution is 2.27. The molecule has 5 nitrogen and oxygen atoms in total. The molecule has 2 unspecified atom stereocenters. The summed E-state index contributed by atoms with van der Waals surface area (Å²) < 4.78 is 22.6. The van der Waals surface area contributed by atoms with Crippen LogP contribution >= 0.6 is 11.3 Å². The van der Waals surface area contributed by atoms with E-state index in [1.807, 2.05) is 6.92 Å². The van der Waals surface area contributed by atoms with Gasteiger partial charge in [0.25, 0.3) is 0 Å². The van der Waals surface area contributed by atoms with E-state index < -0.39 is 15.1 Å². The molecule has 1 rings (SSSR count). The van der Waals surface area contributed by atoms with E-state index in [2.05, 4.69) is 10.2 Å². The molecule has 15 heavy (non-hydrogen) atoms. The van der Waals surface area contributed by atoms with Gasteiger partial charge in [0, 0.05) is 6.26 Å².